The second-order valence-electron chi connectivity index (χ2n) is 12.1. The van der Waals surface area contributed by atoms with Crippen LogP contribution in [0.3, 0.4) is 0 Å². The van der Waals surface area contributed by atoms with Gasteiger partial charge in [-0.25, -0.2) is 9.59 Å². The van der Waals surface area contributed by atoms with Gasteiger partial charge in [0.05, 0.1) is 0 Å². The van der Waals surface area contributed by atoms with Gasteiger partial charge in [-0.3, -0.25) is 9.80 Å². The van der Waals surface area contributed by atoms with Crippen molar-refractivity contribution in [1.29, 1.82) is 0 Å². The van der Waals surface area contributed by atoms with Gasteiger partial charge in [-0.1, -0.05) is 13.2 Å². The first-order chi connectivity index (χ1) is 15.0. The number of hydrogen-bond donors (Lipinski definition) is 0. The third-order valence-corrected chi connectivity index (χ3v) is 8.50. The summed E-state index contributed by atoms with van der Waals surface area (Å²) in [6.07, 6.45) is 6.00. The molecule has 0 N–H and O–H groups in total. The molecule has 2 saturated heterocycles. The Hall–Kier alpha value is -1.66. The van der Waals surface area contributed by atoms with Crippen LogP contribution in [-0.4, -0.2) is 70.2 Å². The zero-order valence-corrected chi connectivity index (χ0v) is 22.4. The molecule has 0 saturated carbocycles. The molecule has 0 aromatic rings. The molecule has 0 bridgehead atoms. The molecule has 6 heteroatoms. The van der Waals surface area contributed by atoms with Gasteiger partial charge in [0.25, 0.3) is 0 Å². The summed E-state index contributed by atoms with van der Waals surface area (Å²) in [5, 5.41) is 0. The largest absolute Gasteiger partial charge is 0.459 e. The molecule has 2 fully saturated rings. The summed E-state index contributed by atoms with van der Waals surface area (Å²) in [6.45, 7) is 22.4. The minimum Gasteiger partial charge on any atom is -0.459 e. The van der Waals surface area contributed by atoms with Gasteiger partial charge in [-0.2, -0.15) is 0 Å². The van der Waals surface area contributed by atoms with Crippen molar-refractivity contribution >= 4 is 11.9 Å². The van der Waals surface area contributed by atoms with E-state index in [1.807, 2.05) is 0 Å². The zero-order valence-electron chi connectivity index (χ0n) is 22.4. The van der Waals surface area contributed by atoms with Gasteiger partial charge in [0, 0.05) is 59.5 Å². The van der Waals surface area contributed by atoms with Crippen LogP contribution in [0.4, 0.5) is 0 Å². The van der Waals surface area contributed by atoms with Crippen molar-refractivity contribution in [3.63, 3.8) is 0 Å². The standard InChI is InChI=1S/C27H46N2O4/c1-12-22(30)32-20-15-24(4,5)28(10)26(8,17-20)13-14-27(9)18-21(33-23(31)19(2)3)16-25(6,7)29(27)11/h12,20-21H,1-2,13-18H2,3-11H3. The fourth-order valence-electron chi connectivity index (χ4n) is 5.96. The van der Waals surface area contributed by atoms with E-state index in [0.29, 0.717) is 5.57 Å². The Bertz CT molecular complexity index is 789. The van der Waals surface area contributed by atoms with Crippen molar-refractivity contribution < 1.29 is 19.1 Å². The van der Waals surface area contributed by atoms with Crippen molar-refractivity contribution in [2.75, 3.05) is 14.1 Å². The molecule has 0 aliphatic carbocycles. The van der Waals surface area contributed by atoms with E-state index in [2.05, 4.69) is 78.6 Å². The lowest BCUT2D eigenvalue weighted by molar-refractivity contribution is -0.160. The van der Waals surface area contributed by atoms with Crippen LogP contribution in [0.25, 0.3) is 0 Å². The number of rotatable bonds is 7. The minimum absolute atomic E-state index is 0.0999. The molecule has 0 amide bonds. The highest BCUT2D eigenvalue weighted by molar-refractivity contribution is 5.87. The number of ether oxygens (including phenoxy) is 2. The van der Waals surface area contributed by atoms with Gasteiger partial charge in [-0.05, 0) is 75.4 Å². The quantitative estimate of drug-likeness (QED) is 0.397. The van der Waals surface area contributed by atoms with Crippen molar-refractivity contribution in [3.8, 4) is 0 Å². The van der Waals surface area contributed by atoms with Crippen molar-refractivity contribution in [2.45, 2.75) is 121 Å². The third-order valence-electron chi connectivity index (χ3n) is 8.50. The molecule has 33 heavy (non-hydrogen) atoms. The van der Waals surface area contributed by atoms with Crippen LogP contribution >= 0.6 is 0 Å². The van der Waals surface area contributed by atoms with Gasteiger partial charge >= 0.3 is 11.9 Å². The monoisotopic (exact) mass is 462 g/mol. The first-order valence-electron chi connectivity index (χ1n) is 12.1. The maximum Gasteiger partial charge on any atom is 0.333 e. The highest BCUT2D eigenvalue weighted by atomic mass is 16.5. The van der Waals surface area contributed by atoms with Gasteiger partial charge < -0.3 is 9.47 Å². The van der Waals surface area contributed by atoms with Crippen molar-refractivity contribution in [2.24, 2.45) is 0 Å². The number of piperidine rings is 2. The second-order valence-corrected chi connectivity index (χ2v) is 12.1. The number of carbonyl (C=O) groups excluding carboxylic acids is 2. The van der Waals surface area contributed by atoms with Crippen LogP contribution in [0.2, 0.25) is 0 Å². The summed E-state index contributed by atoms with van der Waals surface area (Å²) < 4.78 is 11.5. The predicted octanol–water partition coefficient (Wildman–Crippen LogP) is 4.88. The average Bonchev–Trinajstić information content (AvgIpc) is 2.68. The molecule has 188 valence electrons. The van der Waals surface area contributed by atoms with Gasteiger partial charge in [0.1, 0.15) is 12.2 Å². The van der Waals surface area contributed by atoms with Crippen LogP contribution in [0, 0.1) is 0 Å². The maximum absolute atomic E-state index is 12.2. The molecule has 4 atom stereocenters. The Morgan fingerprint density at radius 3 is 1.61 bits per heavy atom. The maximum atomic E-state index is 12.2. The topological polar surface area (TPSA) is 59.1 Å². The number of nitrogens with zero attached hydrogens (tertiary/aromatic N) is 2. The second kappa shape index (κ2) is 9.53. The van der Waals surface area contributed by atoms with E-state index in [1.54, 1.807) is 6.92 Å². The number of carbonyl (C=O) groups is 2. The molecule has 0 spiro atoms. The summed E-state index contributed by atoms with van der Waals surface area (Å²) in [5.41, 5.74) is -0.0403. The lowest BCUT2D eigenvalue weighted by atomic mass is 9.70. The first-order valence-corrected chi connectivity index (χ1v) is 12.1. The van der Waals surface area contributed by atoms with Crippen LogP contribution in [0.1, 0.15) is 87.0 Å². The Morgan fingerprint density at radius 2 is 1.24 bits per heavy atom. The van der Waals surface area contributed by atoms with Crippen LogP contribution < -0.4 is 0 Å². The molecular formula is C27H46N2O4. The van der Waals surface area contributed by atoms with E-state index in [9.17, 15) is 9.59 Å². The average molecular weight is 463 g/mol. The van der Waals surface area contributed by atoms with Crippen LogP contribution in [-0.2, 0) is 19.1 Å². The first kappa shape index (κ1) is 27.6. The number of hydrogen-bond acceptors (Lipinski definition) is 6. The lowest BCUT2D eigenvalue weighted by Gasteiger charge is -2.58. The Kier molecular flexibility index (Phi) is 7.97. The fraction of sp³-hybridized carbons (Fsp3) is 0.778. The Labute approximate surface area is 201 Å². The third kappa shape index (κ3) is 6.07. The Morgan fingerprint density at radius 1 is 0.848 bits per heavy atom. The normalized spacial score (nSPS) is 34.3. The molecule has 2 aliphatic rings. The molecule has 2 rings (SSSR count). The van der Waals surface area contributed by atoms with Crippen molar-refractivity contribution in [1.82, 2.24) is 9.80 Å². The summed E-state index contributed by atoms with van der Waals surface area (Å²) in [4.78, 5) is 29.1. The number of likely N-dealkylation sites (tertiary alicyclic amines) is 2. The van der Waals surface area contributed by atoms with Gasteiger partial charge in [-0.15, -0.1) is 0 Å². The molecular weight excluding hydrogens is 416 g/mol. The summed E-state index contributed by atoms with van der Waals surface area (Å²) in [5.74, 6) is -0.666. The van der Waals surface area contributed by atoms with Crippen molar-refractivity contribution in [3.05, 3.63) is 24.8 Å². The zero-order chi connectivity index (χ0) is 25.4. The summed E-state index contributed by atoms with van der Waals surface area (Å²) in [7, 11) is 4.36. The summed E-state index contributed by atoms with van der Waals surface area (Å²) in [6, 6.07) is 0. The SMILES string of the molecule is C=CC(=O)OC1CC(C)(C)N(C)C(C)(CCC2(C)CC(OC(=O)C(=C)C)CC(C)(C)N2C)C1. The van der Waals surface area contributed by atoms with Gasteiger partial charge in [0.15, 0.2) is 0 Å². The number of esters is 2. The molecule has 4 unspecified atom stereocenters. The Balaban J connectivity index is 2.23. The predicted molar refractivity (Wildman–Crippen MR) is 133 cm³/mol. The molecule has 2 heterocycles. The minimum atomic E-state index is -0.356. The summed E-state index contributed by atoms with van der Waals surface area (Å²) >= 11 is 0. The molecule has 0 radical (unpaired) electrons. The van der Waals surface area contributed by atoms with Crippen LogP contribution in [0.15, 0.2) is 24.8 Å². The van der Waals surface area contributed by atoms with E-state index in [4.69, 9.17) is 9.47 Å². The van der Waals surface area contributed by atoms with E-state index < -0.39 is 0 Å². The highest BCUT2D eigenvalue weighted by Crippen LogP contribution is 2.46. The lowest BCUT2D eigenvalue weighted by Crippen LogP contribution is -2.64. The van der Waals surface area contributed by atoms with Crippen LogP contribution in [0.5, 0.6) is 0 Å². The van der Waals surface area contributed by atoms with E-state index in [0.717, 1.165) is 38.5 Å². The highest BCUT2D eigenvalue weighted by Gasteiger charge is 2.51. The molecule has 6 nitrogen and oxygen atoms in total. The van der Waals surface area contributed by atoms with E-state index >= 15 is 0 Å². The fourth-order valence-corrected chi connectivity index (χ4v) is 5.96. The molecule has 2 aliphatic heterocycles. The molecule has 0 aromatic carbocycles. The van der Waals surface area contributed by atoms with Gasteiger partial charge in [0.2, 0.25) is 0 Å². The smallest absolute Gasteiger partial charge is 0.333 e. The van der Waals surface area contributed by atoms with E-state index in [1.165, 1.54) is 6.08 Å². The van der Waals surface area contributed by atoms with E-state index in [-0.39, 0.29) is 46.3 Å². The molecule has 0 aromatic heterocycles.